The van der Waals surface area contributed by atoms with Crippen LogP contribution in [0.15, 0.2) is 66.7 Å². The van der Waals surface area contributed by atoms with E-state index in [9.17, 15) is 9.59 Å². The van der Waals surface area contributed by atoms with Crippen molar-refractivity contribution < 1.29 is 9.59 Å². The number of amides is 2. The van der Waals surface area contributed by atoms with Crippen LogP contribution in [0.3, 0.4) is 0 Å². The maximum atomic E-state index is 13.1. The Labute approximate surface area is 204 Å². The Balaban J connectivity index is 1.46. The second-order valence-electron chi connectivity index (χ2n) is 8.96. The van der Waals surface area contributed by atoms with Gasteiger partial charge in [-0.05, 0) is 30.0 Å². The minimum absolute atomic E-state index is 0.195. The predicted molar refractivity (Wildman–Crippen MR) is 143 cm³/mol. The van der Waals surface area contributed by atoms with Gasteiger partial charge in [-0.15, -0.1) is 0 Å². The first-order valence-electron chi connectivity index (χ1n) is 12.9. The topological polar surface area (TPSA) is 58.2 Å². The highest BCUT2D eigenvalue weighted by atomic mass is 16.2. The van der Waals surface area contributed by atoms with Gasteiger partial charge in [-0.3, -0.25) is 9.59 Å². The molecule has 0 aliphatic rings. The van der Waals surface area contributed by atoms with Gasteiger partial charge in [-0.2, -0.15) is 0 Å². The second kappa shape index (κ2) is 14.2. The monoisotopic (exact) mass is 458 g/mol. The summed E-state index contributed by atoms with van der Waals surface area (Å²) in [4.78, 5) is 25.9. The third kappa shape index (κ3) is 7.72. The average molecular weight is 459 g/mol. The van der Waals surface area contributed by atoms with Crippen molar-refractivity contribution in [3.05, 3.63) is 77.9 Å². The smallest absolute Gasteiger partial charge is 0.256 e. The maximum absolute atomic E-state index is 13.1. The number of carbonyl (C=O) groups excluding carboxylic acids is 2. The third-order valence-corrected chi connectivity index (χ3v) is 6.27. The van der Waals surface area contributed by atoms with Crippen LogP contribution in [0.4, 0.5) is 5.69 Å². The molecule has 4 heteroatoms. The largest absolute Gasteiger partial charge is 0.352 e. The van der Waals surface area contributed by atoms with Crippen molar-refractivity contribution in [1.29, 1.82) is 0 Å². The first kappa shape index (κ1) is 25.5. The predicted octanol–water partition coefficient (Wildman–Crippen LogP) is 7.74. The number of fused-ring (bicyclic) bond motifs is 1. The number of benzene rings is 3. The van der Waals surface area contributed by atoms with Crippen molar-refractivity contribution in [3.63, 3.8) is 0 Å². The molecule has 0 atom stereocenters. The van der Waals surface area contributed by atoms with Crippen LogP contribution in [0, 0.1) is 0 Å². The van der Waals surface area contributed by atoms with E-state index < -0.39 is 0 Å². The molecule has 34 heavy (non-hydrogen) atoms. The zero-order valence-electron chi connectivity index (χ0n) is 20.4. The van der Waals surface area contributed by atoms with E-state index in [1.54, 1.807) is 24.3 Å². The molecular weight excluding hydrogens is 420 g/mol. The van der Waals surface area contributed by atoms with Crippen LogP contribution in [-0.2, 0) is 0 Å². The summed E-state index contributed by atoms with van der Waals surface area (Å²) in [5, 5.41) is 8.01. The molecule has 0 aromatic heterocycles. The Bertz CT molecular complexity index is 1060. The standard InChI is InChI=1S/C30H38N2O2/c1-2-3-4-5-6-7-8-9-10-15-23-31-29(33)26-20-13-14-21-27(26)30(34)32-28-22-16-18-24-17-11-12-19-25(24)28/h11-14,16-22H,2-10,15,23H2,1H3,(H,31,33)(H,32,34). The van der Waals surface area contributed by atoms with E-state index in [0.717, 1.165) is 29.3 Å². The summed E-state index contributed by atoms with van der Waals surface area (Å²) in [5.41, 5.74) is 1.53. The second-order valence-corrected chi connectivity index (χ2v) is 8.96. The molecule has 4 nitrogen and oxygen atoms in total. The van der Waals surface area contributed by atoms with Crippen molar-refractivity contribution >= 4 is 28.3 Å². The lowest BCUT2D eigenvalue weighted by Gasteiger charge is -2.12. The summed E-state index contributed by atoms with van der Waals surface area (Å²) < 4.78 is 0. The van der Waals surface area contributed by atoms with Gasteiger partial charge >= 0.3 is 0 Å². The Hall–Kier alpha value is -3.14. The minimum atomic E-state index is -0.277. The molecule has 0 saturated carbocycles. The highest BCUT2D eigenvalue weighted by Gasteiger charge is 2.17. The van der Waals surface area contributed by atoms with Crippen LogP contribution in [-0.4, -0.2) is 18.4 Å². The molecule has 0 bridgehead atoms. The number of rotatable bonds is 14. The lowest BCUT2D eigenvalue weighted by Crippen LogP contribution is -2.27. The summed E-state index contributed by atoms with van der Waals surface area (Å²) in [6.07, 6.45) is 12.6. The minimum Gasteiger partial charge on any atom is -0.352 e. The third-order valence-electron chi connectivity index (χ3n) is 6.27. The molecule has 0 radical (unpaired) electrons. The molecule has 3 rings (SSSR count). The quantitative estimate of drug-likeness (QED) is 0.243. The molecule has 0 aliphatic heterocycles. The average Bonchev–Trinajstić information content (AvgIpc) is 2.87. The van der Waals surface area contributed by atoms with E-state index in [0.29, 0.717) is 17.7 Å². The molecule has 2 N–H and O–H groups in total. The van der Waals surface area contributed by atoms with Crippen molar-refractivity contribution in [3.8, 4) is 0 Å². The van der Waals surface area contributed by atoms with Crippen molar-refractivity contribution in [2.24, 2.45) is 0 Å². The number of anilines is 1. The van der Waals surface area contributed by atoms with E-state index in [-0.39, 0.29) is 11.8 Å². The Morgan fingerprint density at radius 1 is 0.618 bits per heavy atom. The lowest BCUT2D eigenvalue weighted by atomic mass is 10.0. The molecule has 0 fully saturated rings. The van der Waals surface area contributed by atoms with Crippen molar-refractivity contribution in [2.45, 2.75) is 71.1 Å². The van der Waals surface area contributed by atoms with Crippen molar-refractivity contribution in [1.82, 2.24) is 5.32 Å². The summed E-state index contributed by atoms with van der Waals surface area (Å²) >= 11 is 0. The van der Waals surface area contributed by atoms with Crippen LogP contribution in [0.25, 0.3) is 10.8 Å². The number of carbonyl (C=O) groups is 2. The van der Waals surface area contributed by atoms with E-state index in [1.165, 1.54) is 51.4 Å². The van der Waals surface area contributed by atoms with Gasteiger partial charge in [0.05, 0.1) is 11.1 Å². The lowest BCUT2D eigenvalue weighted by molar-refractivity contribution is 0.0939. The molecule has 3 aromatic rings. The summed E-state index contributed by atoms with van der Waals surface area (Å²) in [6.45, 7) is 2.88. The van der Waals surface area contributed by atoms with E-state index in [2.05, 4.69) is 17.6 Å². The van der Waals surface area contributed by atoms with E-state index >= 15 is 0 Å². The zero-order chi connectivity index (χ0) is 24.0. The maximum Gasteiger partial charge on any atom is 0.256 e. The van der Waals surface area contributed by atoms with Gasteiger partial charge in [0, 0.05) is 17.6 Å². The molecular formula is C30H38N2O2. The van der Waals surface area contributed by atoms with Gasteiger partial charge in [0.25, 0.3) is 11.8 Å². The van der Waals surface area contributed by atoms with Crippen LogP contribution >= 0.6 is 0 Å². The normalized spacial score (nSPS) is 10.9. The zero-order valence-corrected chi connectivity index (χ0v) is 20.4. The first-order chi connectivity index (χ1) is 16.7. The number of hydrogen-bond acceptors (Lipinski definition) is 2. The Kier molecular flexibility index (Phi) is 10.6. The summed E-state index contributed by atoms with van der Waals surface area (Å²) in [7, 11) is 0. The summed E-state index contributed by atoms with van der Waals surface area (Å²) in [6, 6.07) is 20.7. The molecule has 0 heterocycles. The Morgan fingerprint density at radius 2 is 1.18 bits per heavy atom. The van der Waals surface area contributed by atoms with Gasteiger partial charge in [0.15, 0.2) is 0 Å². The van der Waals surface area contributed by atoms with Crippen molar-refractivity contribution in [2.75, 3.05) is 11.9 Å². The molecule has 0 unspecified atom stereocenters. The SMILES string of the molecule is CCCCCCCCCCCCNC(=O)c1ccccc1C(=O)Nc1cccc2ccccc12. The first-order valence-corrected chi connectivity index (χ1v) is 12.9. The van der Waals surface area contributed by atoms with Gasteiger partial charge in [-0.25, -0.2) is 0 Å². The highest BCUT2D eigenvalue weighted by Crippen LogP contribution is 2.24. The van der Waals surface area contributed by atoms with E-state index in [4.69, 9.17) is 0 Å². The van der Waals surface area contributed by atoms with Crippen LogP contribution in [0.2, 0.25) is 0 Å². The van der Waals surface area contributed by atoms with Gasteiger partial charge < -0.3 is 10.6 Å². The molecule has 180 valence electrons. The Morgan fingerprint density at radius 3 is 1.88 bits per heavy atom. The van der Waals surface area contributed by atoms with Crippen LogP contribution in [0.5, 0.6) is 0 Å². The van der Waals surface area contributed by atoms with Crippen LogP contribution < -0.4 is 10.6 Å². The van der Waals surface area contributed by atoms with Gasteiger partial charge in [0.2, 0.25) is 0 Å². The molecule has 0 aliphatic carbocycles. The fraction of sp³-hybridized carbons (Fsp3) is 0.400. The number of nitrogens with one attached hydrogen (secondary N) is 2. The van der Waals surface area contributed by atoms with Gasteiger partial charge in [-0.1, -0.05) is 113 Å². The molecule has 0 saturated heterocycles. The molecule has 0 spiro atoms. The van der Waals surface area contributed by atoms with E-state index in [1.807, 2.05) is 42.5 Å². The summed E-state index contributed by atoms with van der Waals surface area (Å²) in [5.74, 6) is -0.472. The molecule has 3 aromatic carbocycles. The highest BCUT2D eigenvalue weighted by molar-refractivity contribution is 6.14. The van der Waals surface area contributed by atoms with Crippen LogP contribution in [0.1, 0.15) is 91.8 Å². The fourth-order valence-electron chi connectivity index (χ4n) is 4.31. The van der Waals surface area contributed by atoms with Gasteiger partial charge in [0.1, 0.15) is 0 Å². The number of unbranched alkanes of at least 4 members (excludes halogenated alkanes) is 9. The number of hydrogen-bond donors (Lipinski definition) is 2. The molecule has 2 amide bonds. The fourth-order valence-corrected chi connectivity index (χ4v) is 4.31.